The number of rotatable bonds is 6. The van der Waals surface area contributed by atoms with Gasteiger partial charge in [-0.2, -0.15) is 0 Å². The Kier molecular flexibility index (Phi) is 5.30. The van der Waals surface area contributed by atoms with Crippen LogP contribution in [-0.4, -0.2) is 18.4 Å². The van der Waals surface area contributed by atoms with Gasteiger partial charge in [-0.1, -0.05) is 29.8 Å². The molecule has 2 aromatic rings. The second kappa shape index (κ2) is 7.40. The van der Waals surface area contributed by atoms with Gasteiger partial charge in [0.25, 0.3) is 5.91 Å². The fourth-order valence-corrected chi connectivity index (χ4v) is 2.09. The molecule has 2 amide bonds. The minimum absolute atomic E-state index is 0.00116. The van der Waals surface area contributed by atoms with Crippen LogP contribution in [0.5, 0.6) is 0 Å². The number of carbonyl (C=O) groups is 2. The zero-order valence-corrected chi connectivity index (χ0v) is 12.7. The van der Waals surface area contributed by atoms with Gasteiger partial charge in [0, 0.05) is 12.2 Å². The lowest BCUT2D eigenvalue weighted by Gasteiger charge is -2.09. The number of primary amides is 1. The van der Waals surface area contributed by atoms with E-state index in [9.17, 15) is 14.0 Å². The van der Waals surface area contributed by atoms with Crippen LogP contribution in [0.4, 0.5) is 10.1 Å². The molecule has 0 heterocycles. The number of nitrogens with one attached hydrogen (secondary N) is 2. The monoisotopic (exact) mass is 315 g/mol. The van der Waals surface area contributed by atoms with Crippen molar-refractivity contribution >= 4 is 17.5 Å². The normalized spacial score (nSPS) is 10.2. The van der Waals surface area contributed by atoms with Gasteiger partial charge in [0.1, 0.15) is 5.82 Å². The number of halogens is 1. The average Bonchev–Trinajstić information content (AvgIpc) is 2.50. The van der Waals surface area contributed by atoms with Crippen LogP contribution in [0.15, 0.2) is 42.5 Å². The van der Waals surface area contributed by atoms with Crippen LogP contribution in [0, 0.1) is 12.7 Å². The van der Waals surface area contributed by atoms with Crippen molar-refractivity contribution in [2.75, 3.05) is 11.9 Å². The molecule has 4 N–H and O–H groups in total. The summed E-state index contributed by atoms with van der Waals surface area (Å²) in [5.74, 6) is -1.77. The molecule has 0 fully saturated rings. The highest BCUT2D eigenvalue weighted by Crippen LogP contribution is 2.13. The molecule has 23 heavy (non-hydrogen) atoms. The van der Waals surface area contributed by atoms with E-state index in [2.05, 4.69) is 10.6 Å². The SMILES string of the molecule is Cc1cccc(CNC(=O)CNc2ccc(C(N)=O)c(F)c2)c1. The van der Waals surface area contributed by atoms with Crippen LogP contribution >= 0.6 is 0 Å². The lowest BCUT2D eigenvalue weighted by Crippen LogP contribution is -2.29. The maximum atomic E-state index is 13.6. The highest BCUT2D eigenvalue weighted by molar-refractivity contribution is 5.93. The van der Waals surface area contributed by atoms with E-state index >= 15 is 0 Å². The summed E-state index contributed by atoms with van der Waals surface area (Å²) in [6, 6.07) is 11.7. The number of nitrogens with two attached hydrogens (primary N) is 1. The molecule has 0 aliphatic heterocycles. The van der Waals surface area contributed by atoms with Gasteiger partial charge in [0.2, 0.25) is 5.91 Å². The molecular formula is C17H18FN3O2. The third kappa shape index (κ3) is 4.81. The molecule has 0 saturated heterocycles. The number of hydrogen-bond donors (Lipinski definition) is 3. The molecule has 6 heteroatoms. The van der Waals surface area contributed by atoms with Crippen molar-refractivity contribution in [2.45, 2.75) is 13.5 Å². The Hall–Kier alpha value is -2.89. The largest absolute Gasteiger partial charge is 0.376 e. The lowest BCUT2D eigenvalue weighted by molar-refractivity contribution is -0.119. The van der Waals surface area contributed by atoms with Crippen LogP contribution in [0.25, 0.3) is 0 Å². The quantitative estimate of drug-likeness (QED) is 0.762. The predicted molar refractivity (Wildman–Crippen MR) is 86.4 cm³/mol. The van der Waals surface area contributed by atoms with E-state index in [4.69, 9.17) is 5.73 Å². The first kappa shape index (κ1) is 16.5. The first-order valence-corrected chi connectivity index (χ1v) is 7.11. The molecule has 2 aromatic carbocycles. The lowest BCUT2D eigenvalue weighted by atomic mass is 10.1. The summed E-state index contributed by atoms with van der Waals surface area (Å²) in [5, 5.41) is 5.57. The van der Waals surface area contributed by atoms with Crippen LogP contribution in [0.2, 0.25) is 0 Å². The average molecular weight is 315 g/mol. The smallest absolute Gasteiger partial charge is 0.251 e. The Morgan fingerprint density at radius 2 is 1.96 bits per heavy atom. The van der Waals surface area contributed by atoms with Crippen molar-refractivity contribution in [2.24, 2.45) is 5.73 Å². The first-order valence-electron chi connectivity index (χ1n) is 7.11. The van der Waals surface area contributed by atoms with Crippen molar-refractivity contribution in [3.63, 3.8) is 0 Å². The molecule has 2 rings (SSSR count). The number of hydrogen-bond acceptors (Lipinski definition) is 3. The van der Waals surface area contributed by atoms with E-state index in [0.29, 0.717) is 12.2 Å². The maximum absolute atomic E-state index is 13.6. The van der Waals surface area contributed by atoms with Crippen LogP contribution < -0.4 is 16.4 Å². The molecule has 0 radical (unpaired) electrons. The van der Waals surface area contributed by atoms with Gasteiger partial charge in [-0.3, -0.25) is 9.59 Å². The number of benzene rings is 2. The van der Waals surface area contributed by atoms with E-state index < -0.39 is 11.7 Å². The Labute approximate surface area is 133 Å². The van der Waals surface area contributed by atoms with Crippen LogP contribution in [0.1, 0.15) is 21.5 Å². The topological polar surface area (TPSA) is 84.2 Å². The van der Waals surface area contributed by atoms with Crippen molar-refractivity contribution < 1.29 is 14.0 Å². The zero-order chi connectivity index (χ0) is 16.8. The second-order valence-corrected chi connectivity index (χ2v) is 5.18. The van der Waals surface area contributed by atoms with E-state index in [-0.39, 0.29) is 18.0 Å². The van der Waals surface area contributed by atoms with Crippen molar-refractivity contribution in [3.8, 4) is 0 Å². The number of aryl methyl sites for hydroxylation is 1. The molecule has 0 spiro atoms. The summed E-state index contributed by atoms with van der Waals surface area (Å²) in [6.07, 6.45) is 0. The van der Waals surface area contributed by atoms with Gasteiger partial charge >= 0.3 is 0 Å². The van der Waals surface area contributed by atoms with E-state index in [0.717, 1.165) is 17.2 Å². The van der Waals surface area contributed by atoms with Crippen molar-refractivity contribution in [1.82, 2.24) is 5.32 Å². The molecular weight excluding hydrogens is 297 g/mol. The standard InChI is InChI=1S/C17H18FN3O2/c1-11-3-2-4-12(7-11)9-21-16(22)10-20-13-5-6-14(17(19)23)15(18)8-13/h2-8,20H,9-10H2,1H3,(H2,19,23)(H,21,22). The van der Waals surface area contributed by atoms with Gasteiger partial charge in [0.15, 0.2) is 0 Å². The Bertz CT molecular complexity index is 732. The molecule has 0 aromatic heterocycles. The predicted octanol–water partition coefficient (Wildman–Crippen LogP) is 1.96. The van der Waals surface area contributed by atoms with Gasteiger partial charge in [-0.05, 0) is 30.7 Å². The van der Waals surface area contributed by atoms with Crippen LogP contribution in [0.3, 0.4) is 0 Å². The molecule has 0 aliphatic carbocycles. The third-order valence-corrected chi connectivity index (χ3v) is 3.26. The summed E-state index contributed by atoms with van der Waals surface area (Å²) in [7, 11) is 0. The Morgan fingerprint density at radius 1 is 1.17 bits per heavy atom. The summed E-state index contributed by atoms with van der Waals surface area (Å²) >= 11 is 0. The van der Waals surface area contributed by atoms with Gasteiger partial charge in [-0.15, -0.1) is 0 Å². The Morgan fingerprint density at radius 3 is 2.61 bits per heavy atom. The first-order chi connectivity index (χ1) is 11.0. The highest BCUT2D eigenvalue weighted by Gasteiger charge is 2.09. The van der Waals surface area contributed by atoms with E-state index in [1.165, 1.54) is 12.1 Å². The fourth-order valence-electron chi connectivity index (χ4n) is 2.09. The maximum Gasteiger partial charge on any atom is 0.251 e. The number of amides is 2. The summed E-state index contributed by atoms with van der Waals surface area (Å²) in [4.78, 5) is 22.7. The van der Waals surface area contributed by atoms with Crippen molar-refractivity contribution in [3.05, 3.63) is 65.0 Å². The summed E-state index contributed by atoms with van der Waals surface area (Å²) in [5.41, 5.74) is 7.38. The molecule has 120 valence electrons. The number of carbonyl (C=O) groups excluding carboxylic acids is 2. The van der Waals surface area contributed by atoms with E-state index in [1.807, 2.05) is 31.2 Å². The molecule has 0 bridgehead atoms. The number of anilines is 1. The van der Waals surface area contributed by atoms with E-state index in [1.54, 1.807) is 0 Å². The van der Waals surface area contributed by atoms with Gasteiger partial charge in [0.05, 0.1) is 12.1 Å². The highest BCUT2D eigenvalue weighted by atomic mass is 19.1. The van der Waals surface area contributed by atoms with Gasteiger partial charge in [-0.25, -0.2) is 4.39 Å². The second-order valence-electron chi connectivity index (χ2n) is 5.18. The van der Waals surface area contributed by atoms with Crippen molar-refractivity contribution in [1.29, 1.82) is 0 Å². The minimum atomic E-state index is -0.829. The Balaban J connectivity index is 1.84. The molecule has 0 unspecified atom stereocenters. The zero-order valence-electron chi connectivity index (χ0n) is 12.7. The summed E-state index contributed by atoms with van der Waals surface area (Å²) < 4.78 is 13.6. The van der Waals surface area contributed by atoms with Gasteiger partial charge < -0.3 is 16.4 Å². The van der Waals surface area contributed by atoms with Crippen LogP contribution in [-0.2, 0) is 11.3 Å². The summed E-state index contributed by atoms with van der Waals surface area (Å²) in [6.45, 7) is 2.41. The molecule has 0 saturated carbocycles. The molecule has 0 aliphatic rings. The molecule has 0 atom stereocenters. The third-order valence-electron chi connectivity index (χ3n) is 3.26. The minimum Gasteiger partial charge on any atom is -0.376 e. The molecule has 5 nitrogen and oxygen atoms in total. The fraction of sp³-hybridized carbons (Fsp3) is 0.176.